The van der Waals surface area contributed by atoms with E-state index < -0.39 is 0 Å². The molecule has 0 spiro atoms. The molecule has 3 N–H and O–H groups in total. The van der Waals surface area contributed by atoms with Crippen molar-refractivity contribution in [3.8, 4) is 0 Å². The molecule has 0 fully saturated rings. The van der Waals surface area contributed by atoms with E-state index >= 15 is 0 Å². The molecule has 0 saturated carbocycles. The van der Waals surface area contributed by atoms with Crippen LogP contribution in [0.3, 0.4) is 0 Å². The van der Waals surface area contributed by atoms with E-state index in [1.807, 2.05) is 0 Å². The highest BCUT2D eigenvalue weighted by Gasteiger charge is 2.08. The Morgan fingerprint density at radius 2 is 2.11 bits per heavy atom. The van der Waals surface area contributed by atoms with Crippen LogP contribution in [0, 0.1) is 13.8 Å². The van der Waals surface area contributed by atoms with Gasteiger partial charge in [0.1, 0.15) is 0 Å². The summed E-state index contributed by atoms with van der Waals surface area (Å²) in [5.41, 5.74) is 7.86. The number of carbonyl (C=O) groups is 1. The predicted molar refractivity (Wildman–Crippen MR) is 80.8 cm³/mol. The first-order chi connectivity index (χ1) is 8.97. The number of halogens is 1. The van der Waals surface area contributed by atoms with Gasteiger partial charge >= 0.3 is 0 Å². The first-order valence-electron chi connectivity index (χ1n) is 5.86. The zero-order valence-electron chi connectivity index (χ0n) is 10.8. The summed E-state index contributed by atoms with van der Waals surface area (Å²) in [6.07, 6.45) is 0. The molecule has 0 aliphatic rings. The van der Waals surface area contributed by atoms with Gasteiger partial charge in [-0.1, -0.05) is 11.6 Å². The second-order valence-corrected chi connectivity index (χ2v) is 6.12. The summed E-state index contributed by atoms with van der Waals surface area (Å²) < 4.78 is 0. The van der Waals surface area contributed by atoms with Gasteiger partial charge in [-0.15, -0.1) is 11.3 Å². The molecule has 1 aromatic carbocycles. The number of thiophene rings is 1. The van der Waals surface area contributed by atoms with E-state index in [0.717, 1.165) is 4.88 Å². The van der Waals surface area contributed by atoms with Gasteiger partial charge in [-0.25, -0.2) is 0 Å². The smallest absolute Gasteiger partial charge is 0.251 e. The maximum atomic E-state index is 12.0. The van der Waals surface area contributed by atoms with Gasteiger partial charge in [-0.05, 0) is 43.7 Å². The van der Waals surface area contributed by atoms with Crippen molar-refractivity contribution >= 4 is 34.5 Å². The van der Waals surface area contributed by atoms with E-state index in [2.05, 4.69) is 25.2 Å². The van der Waals surface area contributed by atoms with Crippen LogP contribution in [-0.4, -0.2) is 5.91 Å². The van der Waals surface area contributed by atoms with E-state index in [4.69, 9.17) is 17.3 Å². The molecular weight excluding hydrogens is 280 g/mol. The van der Waals surface area contributed by atoms with Crippen LogP contribution in [-0.2, 0) is 6.54 Å². The van der Waals surface area contributed by atoms with Crippen LogP contribution in [0.15, 0.2) is 24.3 Å². The molecule has 5 heteroatoms. The third-order valence-electron chi connectivity index (χ3n) is 2.90. The Labute approximate surface area is 121 Å². The number of nitrogen functional groups attached to an aromatic ring is 1. The third kappa shape index (κ3) is 3.28. The SMILES string of the molecule is Cc1cc(CNC(=O)c2ccc(N)c(Cl)c2)sc1C. The molecule has 1 amide bonds. The molecule has 0 atom stereocenters. The normalized spacial score (nSPS) is 10.5. The molecule has 2 aromatic rings. The fourth-order valence-corrected chi connectivity index (χ4v) is 2.85. The van der Waals surface area contributed by atoms with Crippen LogP contribution in [0.5, 0.6) is 0 Å². The van der Waals surface area contributed by atoms with Crippen LogP contribution in [0.4, 0.5) is 5.69 Å². The molecule has 0 bridgehead atoms. The maximum Gasteiger partial charge on any atom is 0.251 e. The van der Waals surface area contributed by atoms with Gasteiger partial charge in [0.25, 0.3) is 5.91 Å². The van der Waals surface area contributed by atoms with Crippen molar-refractivity contribution in [2.45, 2.75) is 20.4 Å². The molecule has 2 rings (SSSR count). The highest BCUT2D eigenvalue weighted by molar-refractivity contribution is 7.12. The number of nitrogens with one attached hydrogen (secondary N) is 1. The zero-order chi connectivity index (χ0) is 14.0. The lowest BCUT2D eigenvalue weighted by atomic mass is 10.2. The van der Waals surface area contributed by atoms with E-state index in [-0.39, 0.29) is 5.91 Å². The molecule has 19 heavy (non-hydrogen) atoms. The molecule has 1 heterocycles. The molecule has 0 saturated heterocycles. The van der Waals surface area contributed by atoms with Crippen LogP contribution in [0.25, 0.3) is 0 Å². The quantitative estimate of drug-likeness (QED) is 0.851. The van der Waals surface area contributed by atoms with Crippen molar-refractivity contribution in [3.05, 3.63) is 50.2 Å². The molecule has 100 valence electrons. The number of anilines is 1. The molecule has 1 aromatic heterocycles. The van der Waals surface area contributed by atoms with Crippen molar-refractivity contribution < 1.29 is 4.79 Å². The second kappa shape index (κ2) is 5.63. The van der Waals surface area contributed by atoms with Gasteiger partial charge in [0.05, 0.1) is 17.3 Å². The summed E-state index contributed by atoms with van der Waals surface area (Å²) in [7, 11) is 0. The minimum absolute atomic E-state index is 0.148. The topological polar surface area (TPSA) is 55.1 Å². The van der Waals surface area contributed by atoms with Gasteiger partial charge < -0.3 is 11.1 Å². The number of hydrogen-bond acceptors (Lipinski definition) is 3. The lowest BCUT2D eigenvalue weighted by molar-refractivity contribution is 0.0951. The lowest BCUT2D eigenvalue weighted by Crippen LogP contribution is -2.22. The van der Waals surface area contributed by atoms with Crippen LogP contribution in [0.2, 0.25) is 5.02 Å². The highest BCUT2D eigenvalue weighted by Crippen LogP contribution is 2.21. The number of hydrogen-bond donors (Lipinski definition) is 2. The third-order valence-corrected chi connectivity index (χ3v) is 4.38. The van der Waals surface area contributed by atoms with Crippen molar-refractivity contribution in [1.82, 2.24) is 5.32 Å². The monoisotopic (exact) mass is 294 g/mol. The van der Waals surface area contributed by atoms with E-state index in [1.165, 1.54) is 10.4 Å². The average molecular weight is 295 g/mol. The Morgan fingerprint density at radius 3 is 2.68 bits per heavy atom. The number of carbonyl (C=O) groups excluding carboxylic acids is 1. The Morgan fingerprint density at radius 1 is 1.37 bits per heavy atom. The van der Waals surface area contributed by atoms with Crippen LogP contribution in [0.1, 0.15) is 25.7 Å². The zero-order valence-corrected chi connectivity index (χ0v) is 12.4. The van der Waals surface area contributed by atoms with Crippen LogP contribution < -0.4 is 11.1 Å². The lowest BCUT2D eigenvalue weighted by Gasteiger charge is -2.05. The summed E-state index contributed by atoms with van der Waals surface area (Å²) in [6.45, 7) is 4.67. The average Bonchev–Trinajstić information content (AvgIpc) is 2.69. The fourth-order valence-electron chi connectivity index (χ4n) is 1.67. The first kappa shape index (κ1) is 13.9. The van der Waals surface area contributed by atoms with Crippen molar-refractivity contribution in [2.24, 2.45) is 0 Å². The summed E-state index contributed by atoms with van der Waals surface area (Å²) in [6, 6.07) is 6.98. The fraction of sp³-hybridized carbons (Fsp3) is 0.214. The minimum atomic E-state index is -0.148. The molecule has 0 radical (unpaired) electrons. The van der Waals surface area contributed by atoms with Crippen molar-refractivity contribution in [1.29, 1.82) is 0 Å². The Kier molecular flexibility index (Phi) is 4.12. The Bertz CT molecular complexity index is 602. The van der Waals surface area contributed by atoms with Gasteiger partial charge in [0.15, 0.2) is 0 Å². The van der Waals surface area contributed by atoms with Crippen molar-refractivity contribution in [3.63, 3.8) is 0 Å². The molecular formula is C14H15ClN2OS. The number of nitrogens with two attached hydrogens (primary N) is 1. The van der Waals surface area contributed by atoms with E-state index in [9.17, 15) is 4.79 Å². The largest absolute Gasteiger partial charge is 0.398 e. The minimum Gasteiger partial charge on any atom is -0.398 e. The first-order valence-corrected chi connectivity index (χ1v) is 7.06. The van der Waals surface area contributed by atoms with E-state index in [0.29, 0.717) is 22.8 Å². The van der Waals surface area contributed by atoms with Gasteiger partial charge in [-0.2, -0.15) is 0 Å². The van der Waals surface area contributed by atoms with Gasteiger partial charge in [0, 0.05) is 15.3 Å². The number of rotatable bonds is 3. The highest BCUT2D eigenvalue weighted by atomic mass is 35.5. The molecule has 0 unspecified atom stereocenters. The van der Waals surface area contributed by atoms with Gasteiger partial charge in [-0.3, -0.25) is 4.79 Å². The van der Waals surface area contributed by atoms with Crippen molar-refractivity contribution in [2.75, 3.05) is 5.73 Å². The van der Waals surface area contributed by atoms with Gasteiger partial charge in [0.2, 0.25) is 0 Å². The standard InChI is InChI=1S/C14H15ClN2OS/c1-8-5-11(19-9(8)2)7-17-14(18)10-3-4-13(16)12(15)6-10/h3-6H,7,16H2,1-2H3,(H,17,18). The maximum absolute atomic E-state index is 12.0. The number of aryl methyl sites for hydroxylation is 2. The molecule has 3 nitrogen and oxygen atoms in total. The van der Waals surface area contributed by atoms with Crippen LogP contribution >= 0.6 is 22.9 Å². The summed E-state index contributed by atoms with van der Waals surface area (Å²) in [5.74, 6) is -0.148. The van der Waals surface area contributed by atoms with E-state index in [1.54, 1.807) is 29.5 Å². The summed E-state index contributed by atoms with van der Waals surface area (Å²) in [4.78, 5) is 14.4. The Balaban J connectivity index is 2.03. The second-order valence-electron chi connectivity index (χ2n) is 4.37. The Hall–Kier alpha value is -1.52. The summed E-state index contributed by atoms with van der Waals surface area (Å²) >= 11 is 7.59. The molecule has 0 aliphatic heterocycles. The molecule has 0 aliphatic carbocycles. The predicted octanol–water partition coefficient (Wildman–Crippen LogP) is 3.53. The summed E-state index contributed by atoms with van der Waals surface area (Å²) in [5, 5.41) is 3.27. The number of benzene rings is 1. The number of amides is 1.